The summed E-state index contributed by atoms with van der Waals surface area (Å²) in [7, 11) is 1.65. The van der Waals surface area contributed by atoms with Crippen LogP contribution in [0.3, 0.4) is 0 Å². The molecule has 53 heavy (non-hydrogen) atoms. The molecule has 0 aliphatic heterocycles. The first kappa shape index (κ1) is 51.3. The third kappa shape index (κ3) is 41.3. The van der Waals surface area contributed by atoms with E-state index >= 15 is 0 Å². The van der Waals surface area contributed by atoms with Crippen LogP contribution in [0.2, 0.25) is 0 Å². The lowest BCUT2D eigenvalue weighted by Crippen LogP contribution is -2.37. The van der Waals surface area contributed by atoms with Crippen molar-refractivity contribution in [3.63, 3.8) is 0 Å². The van der Waals surface area contributed by atoms with Crippen molar-refractivity contribution < 1.29 is 37.3 Å². The number of hydrogen-bond acceptors (Lipinski definition) is 6. The summed E-state index contributed by atoms with van der Waals surface area (Å²) in [5.74, 6) is -0.295. The van der Waals surface area contributed by atoms with Crippen molar-refractivity contribution in [3.8, 4) is 0 Å². The molecule has 0 bridgehead atoms. The van der Waals surface area contributed by atoms with E-state index < -0.39 is 13.9 Å². The third-order valence-electron chi connectivity index (χ3n) is 8.95. The molecule has 0 rings (SSSR count). The topological polar surface area (TPSA) is 91.3 Å². The lowest BCUT2D eigenvalue weighted by atomic mass is 10.1. The lowest BCUT2D eigenvalue weighted by molar-refractivity contribution is -0.870. The van der Waals surface area contributed by atoms with Crippen LogP contribution in [0.25, 0.3) is 0 Å². The summed E-state index contributed by atoms with van der Waals surface area (Å²) in [5, 5.41) is 0. The average Bonchev–Trinajstić information content (AvgIpc) is 3.11. The minimum Gasteiger partial charge on any atom is -0.492 e. The van der Waals surface area contributed by atoms with E-state index in [0.717, 1.165) is 64.2 Å². The first-order valence-corrected chi connectivity index (χ1v) is 22.9. The highest BCUT2D eigenvalue weighted by Crippen LogP contribution is 2.43. The summed E-state index contributed by atoms with van der Waals surface area (Å²) in [6.07, 6.45) is 45.3. The number of phosphoric acid groups is 1. The van der Waals surface area contributed by atoms with Crippen LogP contribution in [0.15, 0.2) is 48.8 Å². The number of ether oxygens (including phenoxy) is 2. The van der Waals surface area contributed by atoms with Crippen LogP contribution < -0.4 is 0 Å². The maximum atomic E-state index is 12.5. The fourth-order valence-electron chi connectivity index (χ4n) is 5.50. The van der Waals surface area contributed by atoms with Gasteiger partial charge in [0.25, 0.3) is 0 Å². The van der Waals surface area contributed by atoms with Crippen molar-refractivity contribution in [1.82, 2.24) is 0 Å². The fraction of sp³-hybridized carbons (Fsp3) is 0.795. The van der Waals surface area contributed by atoms with E-state index in [1.807, 2.05) is 27.2 Å². The van der Waals surface area contributed by atoms with E-state index in [2.05, 4.69) is 50.3 Å². The number of carbonyl (C=O) groups is 1. The van der Waals surface area contributed by atoms with Crippen molar-refractivity contribution in [3.05, 3.63) is 48.8 Å². The second-order valence-corrected chi connectivity index (χ2v) is 16.9. The van der Waals surface area contributed by atoms with Gasteiger partial charge < -0.3 is 18.9 Å². The Morgan fingerprint density at radius 3 is 1.60 bits per heavy atom. The number of rotatable bonds is 39. The van der Waals surface area contributed by atoms with Crippen LogP contribution in [0.4, 0.5) is 0 Å². The second kappa shape index (κ2) is 37.2. The van der Waals surface area contributed by atoms with Gasteiger partial charge in [-0.25, -0.2) is 4.57 Å². The maximum absolute atomic E-state index is 12.5. The molecule has 0 heterocycles. The van der Waals surface area contributed by atoms with Crippen LogP contribution in [0, 0.1) is 0 Å². The monoisotopic (exact) mass is 769 g/mol. The summed E-state index contributed by atoms with van der Waals surface area (Å²) >= 11 is 0. The Balaban J connectivity index is 4.35. The Morgan fingerprint density at radius 1 is 0.604 bits per heavy atom. The van der Waals surface area contributed by atoms with E-state index in [1.165, 1.54) is 89.9 Å². The molecule has 0 amide bonds. The number of carbonyl (C=O) groups excluding carboxylic acids is 1. The van der Waals surface area contributed by atoms with E-state index in [4.69, 9.17) is 18.5 Å². The molecule has 0 saturated heterocycles. The Kier molecular flexibility index (Phi) is 36.0. The molecule has 0 aliphatic carbocycles. The molecule has 9 heteroatoms. The van der Waals surface area contributed by atoms with Crippen LogP contribution in [-0.4, -0.2) is 69.0 Å². The second-order valence-electron chi connectivity index (χ2n) is 15.4. The Morgan fingerprint density at radius 2 is 1.06 bits per heavy atom. The van der Waals surface area contributed by atoms with Gasteiger partial charge >= 0.3 is 13.8 Å². The third-order valence-corrected chi connectivity index (χ3v) is 9.94. The van der Waals surface area contributed by atoms with Gasteiger partial charge in [0.2, 0.25) is 0 Å². The van der Waals surface area contributed by atoms with Crippen LogP contribution in [0.5, 0.6) is 0 Å². The Labute approximate surface area is 327 Å². The van der Waals surface area contributed by atoms with E-state index in [1.54, 1.807) is 6.26 Å². The standard InChI is InChI=1S/C44H82NO7P/c1-6-8-10-12-14-16-18-20-22-24-26-28-30-32-34-36-39-49-43(42-52-53(47,48)51-40-38-45(3,4)5)41-50-44(46)37-35-33-31-29-27-25-23-21-19-17-15-13-11-9-7-2/h15,17,20-23,36,39,43H,6-14,16,18-19,24-35,37-38,40-42H2,1-5H3/p+1/b17-15-,22-20-,23-21-,39-36-. The SMILES string of the molecule is CCCCC/C=C\C/C=C\CCCCCCCC(=O)OCC(COP(=O)(O)OCC[N+](C)(C)C)O/C=C\CCCCCC/C=C\CCCCCCCC. The van der Waals surface area contributed by atoms with Gasteiger partial charge in [-0.05, 0) is 83.1 Å². The Bertz CT molecular complexity index is 989. The molecule has 8 nitrogen and oxygen atoms in total. The van der Waals surface area contributed by atoms with Gasteiger partial charge in [-0.2, -0.15) is 0 Å². The Hall–Kier alpha value is -1.70. The minimum atomic E-state index is -4.27. The minimum absolute atomic E-state index is 0.0608. The number of allylic oxidation sites excluding steroid dienone is 7. The molecule has 0 aliphatic rings. The molecule has 0 radical (unpaired) electrons. The summed E-state index contributed by atoms with van der Waals surface area (Å²) in [6.45, 7) is 4.84. The largest absolute Gasteiger partial charge is 0.492 e. The number of esters is 1. The predicted octanol–water partition coefficient (Wildman–Crippen LogP) is 12.7. The quantitative estimate of drug-likeness (QED) is 0.0166. The number of nitrogens with zero attached hydrogens (tertiary/aromatic N) is 1. The van der Waals surface area contributed by atoms with Crippen LogP contribution in [-0.2, 0) is 27.9 Å². The fourth-order valence-corrected chi connectivity index (χ4v) is 6.24. The molecular formula is C44H83NO7P+. The van der Waals surface area contributed by atoms with Crippen molar-refractivity contribution in [1.29, 1.82) is 0 Å². The first-order valence-electron chi connectivity index (χ1n) is 21.4. The molecule has 2 unspecified atom stereocenters. The summed E-state index contributed by atoms with van der Waals surface area (Å²) in [5.41, 5.74) is 0. The molecule has 310 valence electrons. The zero-order valence-electron chi connectivity index (χ0n) is 35.0. The van der Waals surface area contributed by atoms with Gasteiger partial charge in [-0.1, -0.05) is 127 Å². The molecule has 0 aromatic carbocycles. The van der Waals surface area contributed by atoms with Crippen molar-refractivity contribution in [2.24, 2.45) is 0 Å². The van der Waals surface area contributed by atoms with E-state index in [9.17, 15) is 14.3 Å². The number of likely N-dealkylation sites (N-methyl/N-ethyl adjacent to an activating group) is 1. The van der Waals surface area contributed by atoms with Gasteiger partial charge in [0.1, 0.15) is 19.8 Å². The maximum Gasteiger partial charge on any atom is 0.472 e. The number of unbranched alkanes of at least 4 members (excludes halogenated alkanes) is 19. The van der Waals surface area contributed by atoms with Gasteiger partial charge in [-0.3, -0.25) is 13.8 Å². The molecule has 0 aromatic heterocycles. The van der Waals surface area contributed by atoms with Gasteiger partial charge in [-0.15, -0.1) is 0 Å². The van der Waals surface area contributed by atoms with Gasteiger partial charge in [0.15, 0.2) is 6.10 Å². The molecular weight excluding hydrogens is 685 g/mol. The molecule has 0 spiro atoms. The summed E-state index contributed by atoms with van der Waals surface area (Å²) < 4.78 is 34.7. The zero-order chi connectivity index (χ0) is 39.1. The van der Waals surface area contributed by atoms with Gasteiger partial charge in [0, 0.05) is 6.42 Å². The van der Waals surface area contributed by atoms with Crippen molar-refractivity contribution in [2.75, 3.05) is 47.5 Å². The lowest BCUT2D eigenvalue weighted by Gasteiger charge is -2.24. The molecule has 0 fully saturated rings. The van der Waals surface area contributed by atoms with Crippen molar-refractivity contribution in [2.45, 2.75) is 180 Å². The normalized spacial score (nSPS) is 14.2. The van der Waals surface area contributed by atoms with Crippen LogP contribution in [0.1, 0.15) is 174 Å². The van der Waals surface area contributed by atoms with Crippen LogP contribution >= 0.6 is 7.82 Å². The summed E-state index contributed by atoms with van der Waals surface area (Å²) in [6, 6.07) is 0. The number of quaternary nitrogens is 1. The molecule has 0 aromatic rings. The number of hydrogen-bond donors (Lipinski definition) is 1. The smallest absolute Gasteiger partial charge is 0.472 e. The number of phosphoric ester groups is 1. The highest BCUT2D eigenvalue weighted by Gasteiger charge is 2.25. The van der Waals surface area contributed by atoms with E-state index in [-0.39, 0.29) is 25.8 Å². The highest BCUT2D eigenvalue weighted by molar-refractivity contribution is 7.47. The first-order chi connectivity index (χ1) is 25.6. The average molecular weight is 769 g/mol. The predicted molar refractivity (Wildman–Crippen MR) is 224 cm³/mol. The zero-order valence-corrected chi connectivity index (χ0v) is 35.9. The van der Waals surface area contributed by atoms with Gasteiger partial charge in [0.05, 0.1) is 34.0 Å². The van der Waals surface area contributed by atoms with E-state index in [0.29, 0.717) is 17.4 Å². The molecule has 1 N–H and O–H groups in total. The summed E-state index contributed by atoms with van der Waals surface area (Å²) in [4.78, 5) is 22.6. The highest BCUT2D eigenvalue weighted by atomic mass is 31.2. The molecule has 0 saturated carbocycles. The molecule has 2 atom stereocenters. The van der Waals surface area contributed by atoms with Crippen molar-refractivity contribution >= 4 is 13.8 Å².